The standard InChI is InChI=1S/C64H89N25O8/c1-5-80(6-2)49-17-19-53-55(29-49)97-56-30-50(81(7-3)8-4)18-20-54(56)63(53)51-15-9-10-16-52(51)64(96)85(36-48-40-89(79-75-48)28-14-24-68)44-62(95)84(35-47-39-88(78-74-47)27-13-23-67)43-59(92)71-32-61(94)83(34-46-38-87(77-73-46)26-12-22-66)42-58(91)70-31-60(93)82(41-57(69)90)33-45-37-86(76-72-45)25-11-21-65/h9-10,15-20,29-30,37-40H,5-8,11-14,21-28,31-36,41-44,65-68H2,1-4H3,(H3-,69,70,71,90,91,92)/p+1. The molecule has 8 rings (SSSR count). The highest BCUT2D eigenvalue weighted by Gasteiger charge is 2.31. The van der Waals surface area contributed by atoms with Crippen LogP contribution in [0.1, 0.15) is 86.5 Å². The number of fused-ring (bicyclic) bond motifs is 2. The van der Waals surface area contributed by atoms with Crippen LogP contribution in [0.5, 0.6) is 0 Å². The molecule has 1 aliphatic heterocycles. The Labute approximate surface area is 561 Å². The Kier molecular flexibility index (Phi) is 26.8. The fourth-order valence-electron chi connectivity index (χ4n) is 11.0. The summed E-state index contributed by atoms with van der Waals surface area (Å²) in [7, 11) is 0. The molecule has 0 atom stereocenters. The first-order chi connectivity index (χ1) is 47.0. The van der Waals surface area contributed by atoms with Crippen LogP contribution in [-0.2, 0) is 81.1 Å². The molecule has 2 aliphatic rings. The molecule has 33 heteroatoms. The van der Waals surface area contributed by atoms with Crippen molar-refractivity contribution in [3.8, 4) is 22.5 Å². The quantitative estimate of drug-likeness (QED) is 0.0181. The predicted molar refractivity (Wildman–Crippen MR) is 359 cm³/mol. The molecule has 518 valence electrons. The number of hydrogen-bond acceptors (Lipinski definition) is 21. The van der Waals surface area contributed by atoms with Gasteiger partial charge < -0.3 is 68.2 Å². The van der Waals surface area contributed by atoms with E-state index in [1.54, 1.807) is 51.0 Å². The average molecular weight is 1340 g/mol. The van der Waals surface area contributed by atoms with Crippen molar-refractivity contribution in [2.24, 2.45) is 28.7 Å². The van der Waals surface area contributed by atoms with E-state index in [1.165, 1.54) is 14.5 Å². The number of aryl methyl sites for hydroxylation is 4. The molecule has 0 unspecified atom stereocenters. The SMILES string of the molecule is CCN(CC)c1ccc2c(-c3ccccc3C(=O)N(CC(=O)N(CC(=O)NCC(=O)N(CC(=O)NCC(=O)N(CC(N)=O)Cc3cn(CCCN)nn3)Cc3cn(CCCN)nn3)Cc3cn(CCCN)nn3)Cc3cn(CCCN)nn3)c3ccc(=[N+](CC)CC)cc-3oc2c1. The molecule has 33 nitrogen and oxygen atoms in total. The molecule has 5 heterocycles. The van der Waals surface area contributed by atoms with Gasteiger partial charge in [0.25, 0.3) is 5.91 Å². The van der Waals surface area contributed by atoms with Crippen LogP contribution in [0.15, 0.2) is 89.9 Å². The van der Waals surface area contributed by atoms with Gasteiger partial charge in [0, 0.05) is 79.2 Å². The summed E-state index contributed by atoms with van der Waals surface area (Å²) in [5.41, 5.74) is 33.7. The van der Waals surface area contributed by atoms with Crippen molar-refractivity contribution < 1.29 is 38.0 Å². The minimum atomic E-state index is -0.809. The molecular formula is C64H90N25O8+. The summed E-state index contributed by atoms with van der Waals surface area (Å²) in [6.07, 6.45) is 8.90. The third-order valence-corrected chi connectivity index (χ3v) is 16.1. The third-order valence-electron chi connectivity index (χ3n) is 16.1. The van der Waals surface area contributed by atoms with Crippen LogP contribution in [0.25, 0.3) is 33.4 Å². The zero-order valence-corrected chi connectivity index (χ0v) is 55.7. The van der Waals surface area contributed by atoms with E-state index >= 15 is 9.59 Å². The number of primary amides is 1. The van der Waals surface area contributed by atoms with Gasteiger partial charge in [-0.05, 0) is 109 Å². The van der Waals surface area contributed by atoms with Crippen molar-refractivity contribution >= 4 is 58.0 Å². The number of nitrogens with zero attached hydrogens (tertiary/aromatic N) is 18. The Morgan fingerprint density at radius 2 is 0.969 bits per heavy atom. The molecule has 97 heavy (non-hydrogen) atoms. The minimum absolute atomic E-state index is 0.147. The monoisotopic (exact) mass is 1340 g/mol. The van der Waals surface area contributed by atoms with Gasteiger partial charge in [-0.15, -0.1) is 20.4 Å². The average Bonchev–Trinajstić information content (AvgIpc) is 1.21. The molecule has 1 aliphatic carbocycles. The van der Waals surface area contributed by atoms with E-state index in [-0.39, 0.29) is 31.7 Å². The number of rotatable bonds is 39. The third kappa shape index (κ3) is 20.1. The summed E-state index contributed by atoms with van der Waals surface area (Å²) >= 11 is 0. The maximum absolute atomic E-state index is 15.8. The van der Waals surface area contributed by atoms with Gasteiger partial charge in [-0.1, -0.05) is 39.1 Å². The maximum Gasteiger partial charge on any atom is 0.255 e. The van der Waals surface area contributed by atoms with Gasteiger partial charge >= 0.3 is 0 Å². The normalized spacial score (nSPS) is 11.3. The minimum Gasteiger partial charge on any atom is -0.456 e. The van der Waals surface area contributed by atoms with Crippen molar-refractivity contribution in [1.82, 2.24) is 94.8 Å². The van der Waals surface area contributed by atoms with Crippen LogP contribution < -0.4 is 54.1 Å². The smallest absolute Gasteiger partial charge is 0.255 e. The Balaban J connectivity index is 1.08. The summed E-state index contributed by atoms with van der Waals surface area (Å²) in [5, 5.41) is 40.5. The molecule has 0 saturated carbocycles. The van der Waals surface area contributed by atoms with Crippen LogP contribution in [-0.4, -0.2) is 213 Å². The predicted octanol–water partition coefficient (Wildman–Crippen LogP) is -0.930. The van der Waals surface area contributed by atoms with Crippen molar-refractivity contribution in [1.29, 1.82) is 0 Å². The topological polar surface area (TPSA) is 429 Å². The van der Waals surface area contributed by atoms with Crippen LogP contribution in [0.2, 0.25) is 0 Å². The Hall–Kier alpha value is -10.4. The van der Waals surface area contributed by atoms with Gasteiger partial charge in [-0.3, -0.25) is 52.3 Å². The molecule has 12 N–H and O–H groups in total. The lowest BCUT2D eigenvalue weighted by Crippen LogP contribution is -2.49. The maximum atomic E-state index is 15.8. The van der Waals surface area contributed by atoms with E-state index in [0.29, 0.717) is 118 Å². The Bertz CT molecular complexity index is 3990. The molecule has 0 bridgehead atoms. The number of nitrogens with two attached hydrogens (primary N) is 5. The van der Waals surface area contributed by atoms with Gasteiger partial charge in [0.1, 0.15) is 53.8 Å². The molecule has 0 saturated heterocycles. The van der Waals surface area contributed by atoms with E-state index in [1.807, 2.05) is 48.5 Å². The van der Waals surface area contributed by atoms with Crippen molar-refractivity contribution in [3.63, 3.8) is 0 Å². The molecule has 2 aromatic carbocycles. The lowest BCUT2D eigenvalue weighted by molar-refractivity contribution is -0.139. The van der Waals surface area contributed by atoms with Crippen LogP contribution >= 0.6 is 0 Å². The lowest BCUT2D eigenvalue weighted by Gasteiger charge is -2.28. The second-order valence-corrected chi connectivity index (χ2v) is 23.1. The van der Waals surface area contributed by atoms with E-state index in [2.05, 4.69) is 89.1 Å². The summed E-state index contributed by atoms with van der Waals surface area (Å²) in [6.45, 7) is 10.3. The Morgan fingerprint density at radius 3 is 1.42 bits per heavy atom. The van der Waals surface area contributed by atoms with Crippen LogP contribution in [0, 0.1) is 0 Å². The first-order valence-electron chi connectivity index (χ1n) is 32.7. The van der Waals surface area contributed by atoms with Gasteiger partial charge in [0.15, 0.2) is 0 Å². The van der Waals surface area contributed by atoms with E-state index in [0.717, 1.165) is 63.5 Å². The second-order valence-electron chi connectivity index (χ2n) is 23.1. The molecule has 0 radical (unpaired) electrons. The fraction of sp³-hybridized carbons (Fsp3) is 0.469. The van der Waals surface area contributed by atoms with Crippen molar-refractivity contribution in [2.45, 2.75) is 106 Å². The van der Waals surface area contributed by atoms with Gasteiger partial charge in [-0.25, -0.2) is 4.58 Å². The summed E-state index contributed by atoms with van der Waals surface area (Å²) < 4.78 is 15.3. The molecule has 6 aromatic rings. The lowest BCUT2D eigenvalue weighted by atomic mass is 9.90. The number of hydrogen-bond donors (Lipinski definition) is 7. The highest BCUT2D eigenvalue weighted by Crippen LogP contribution is 2.42. The number of amides is 7. The highest BCUT2D eigenvalue weighted by molar-refractivity contribution is 6.10. The summed E-state index contributed by atoms with van der Waals surface area (Å²) in [6, 6.07) is 19.3. The van der Waals surface area contributed by atoms with Gasteiger partial charge in [-0.2, -0.15) is 0 Å². The van der Waals surface area contributed by atoms with Crippen LogP contribution in [0.4, 0.5) is 5.69 Å². The van der Waals surface area contributed by atoms with Gasteiger partial charge in [0.05, 0.1) is 89.8 Å². The molecule has 4 aromatic heterocycles. The number of nitrogens with one attached hydrogen (secondary N) is 2. The first-order valence-corrected chi connectivity index (χ1v) is 32.7. The molecular weight excluding hydrogens is 1250 g/mol. The molecule has 0 fully saturated rings. The first kappa shape index (κ1) is 72.4. The van der Waals surface area contributed by atoms with Crippen molar-refractivity contribution in [3.05, 3.63) is 119 Å². The van der Waals surface area contributed by atoms with E-state index in [9.17, 15) is 24.0 Å². The zero-order valence-electron chi connectivity index (χ0n) is 55.7. The van der Waals surface area contributed by atoms with Crippen LogP contribution in [0.3, 0.4) is 0 Å². The van der Waals surface area contributed by atoms with Gasteiger partial charge in [0.2, 0.25) is 40.8 Å². The zero-order chi connectivity index (χ0) is 69.4. The molecule has 0 spiro atoms. The Morgan fingerprint density at radius 1 is 0.515 bits per heavy atom. The van der Waals surface area contributed by atoms with E-state index < -0.39 is 80.6 Å². The molecule has 7 amide bonds. The fourth-order valence-corrected chi connectivity index (χ4v) is 11.0. The highest BCUT2D eigenvalue weighted by atomic mass is 16.3. The second kappa shape index (κ2) is 35.9. The van der Waals surface area contributed by atoms with Crippen molar-refractivity contribution in [2.75, 3.05) is 96.5 Å². The number of aromatic nitrogens is 12. The number of benzene rings is 3. The largest absolute Gasteiger partial charge is 0.456 e. The summed E-state index contributed by atoms with van der Waals surface area (Å²) in [5.74, 6) is -4.43. The number of carbonyl (C=O) groups is 7. The summed E-state index contributed by atoms with van der Waals surface area (Å²) in [4.78, 5) is 106. The number of anilines is 1. The number of carbonyl (C=O) groups excluding carboxylic acids is 7. The van der Waals surface area contributed by atoms with E-state index in [4.69, 9.17) is 33.1 Å².